The predicted molar refractivity (Wildman–Crippen MR) is 84.8 cm³/mol. The molecule has 0 amide bonds. The summed E-state index contributed by atoms with van der Waals surface area (Å²) in [7, 11) is 1.96. The SMILES string of the molecule is CC.CC.CCCNC.CCc1ccccc1F.[HH]. The van der Waals surface area contributed by atoms with Crippen molar-refractivity contribution in [3.8, 4) is 0 Å². The van der Waals surface area contributed by atoms with Crippen LogP contribution in [0.25, 0.3) is 0 Å². The Balaban J connectivity index is -0.0000000978. The maximum absolute atomic E-state index is 12.6. The van der Waals surface area contributed by atoms with E-state index in [-0.39, 0.29) is 7.24 Å². The molecular formula is C16H34FN. The van der Waals surface area contributed by atoms with Crippen molar-refractivity contribution in [1.82, 2.24) is 5.32 Å². The molecule has 1 aromatic rings. The van der Waals surface area contributed by atoms with Crippen molar-refractivity contribution in [3.63, 3.8) is 0 Å². The Bertz CT molecular complexity index is 240. The number of halogens is 1. The summed E-state index contributed by atoms with van der Waals surface area (Å²) in [4.78, 5) is 0. The standard InChI is InChI=1S/C8H9F.C4H11N.2C2H6.H2/c1-2-7-5-3-4-6-8(7)9;1-3-4-5-2;2*1-2;/h3-6H,2H2,1H3;5H,3-4H2,1-2H3;2*1-2H3;1H. The zero-order chi connectivity index (χ0) is 14.8. The molecule has 0 unspecified atom stereocenters. The monoisotopic (exact) mass is 259 g/mol. The summed E-state index contributed by atoms with van der Waals surface area (Å²) in [6, 6.07) is 6.84. The summed E-state index contributed by atoms with van der Waals surface area (Å²) in [5, 5.41) is 3.02. The summed E-state index contributed by atoms with van der Waals surface area (Å²) in [5.74, 6) is -0.0972. The van der Waals surface area contributed by atoms with Gasteiger partial charge in [0.15, 0.2) is 0 Å². The lowest BCUT2D eigenvalue weighted by Gasteiger charge is -1.94. The number of hydrogen-bond donors (Lipinski definition) is 1. The van der Waals surface area contributed by atoms with E-state index >= 15 is 0 Å². The second kappa shape index (κ2) is 21.4. The van der Waals surface area contributed by atoms with E-state index in [1.54, 1.807) is 12.1 Å². The highest BCUT2D eigenvalue weighted by Gasteiger charge is 1.93. The molecule has 0 saturated heterocycles. The Labute approximate surface area is 115 Å². The van der Waals surface area contributed by atoms with E-state index in [1.165, 1.54) is 12.5 Å². The molecular weight excluding hydrogens is 225 g/mol. The van der Waals surface area contributed by atoms with Crippen LogP contribution in [0.15, 0.2) is 24.3 Å². The van der Waals surface area contributed by atoms with Gasteiger partial charge in [-0.1, -0.05) is 59.7 Å². The van der Waals surface area contributed by atoms with Gasteiger partial charge in [-0.2, -0.15) is 0 Å². The molecule has 0 aliphatic heterocycles. The molecule has 18 heavy (non-hydrogen) atoms. The molecule has 0 atom stereocenters. The molecule has 0 aliphatic rings. The van der Waals surface area contributed by atoms with Crippen LogP contribution in [0.5, 0.6) is 0 Å². The average molecular weight is 259 g/mol. The van der Waals surface area contributed by atoms with Gasteiger partial charge in [-0.15, -0.1) is 0 Å². The molecule has 1 aromatic carbocycles. The van der Waals surface area contributed by atoms with Gasteiger partial charge in [-0.3, -0.25) is 0 Å². The number of rotatable bonds is 3. The predicted octanol–water partition coefficient (Wildman–Crippen LogP) is 5.30. The van der Waals surface area contributed by atoms with Gasteiger partial charge in [0.2, 0.25) is 0 Å². The third-order valence-electron chi connectivity index (χ3n) is 1.84. The van der Waals surface area contributed by atoms with Crippen LogP contribution in [-0.2, 0) is 6.42 Å². The summed E-state index contributed by atoms with van der Waals surface area (Å²) < 4.78 is 12.6. The molecule has 0 spiro atoms. The molecule has 1 N–H and O–H groups in total. The fourth-order valence-electron chi connectivity index (χ4n) is 1.04. The summed E-state index contributed by atoms with van der Waals surface area (Å²) in [6.45, 7) is 13.2. The third-order valence-corrected chi connectivity index (χ3v) is 1.84. The van der Waals surface area contributed by atoms with Crippen LogP contribution >= 0.6 is 0 Å². The number of aryl methyl sites for hydroxylation is 1. The van der Waals surface area contributed by atoms with E-state index in [1.807, 2.05) is 47.7 Å². The first-order chi connectivity index (χ1) is 8.76. The largest absolute Gasteiger partial charge is 0.320 e. The van der Waals surface area contributed by atoms with Gasteiger partial charge < -0.3 is 5.32 Å². The van der Waals surface area contributed by atoms with Crippen molar-refractivity contribution >= 4 is 0 Å². The molecule has 0 fully saturated rings. The number of benzene rings is 1. The zero-order valence-corrected chi connectivity index (χ0v) is 13.3. The Morgan fingerprint density at radius 1 is 1.06 bits per heavy atom. The molecule has 1 nitrogen and oxygen atoms in total. The Kier molecular flexibility index (Phi) is 26.5. The lowest BCUT2D eigenvalue weighted by Crippen LogP contribution is -2.04. The van der Waals surface area contributed by atoms with Gasteiger partial charge in [-0.05, 0) is 38.1 Å². The first-order valence-electron chi connectivity index (χ1n) is 7.14. The van der Waals surface area contributed by atoms with E-state index in [9.17, 15) is 4.39 Å². The van der Waals surface area contributed by atoms with Crippen molar-refractivity contribution in [2.45, 2.75) is 54.4 Å². The molecule has 0 aliphatic carbocycles. The molecule has 0 saturated carbocycles. The smallest absolute Gasteiger partial charge is 0.126 e. The normalized spacial score (nSPS) is 7.78. The van der Waals surface area contributed by atoms with E-state index in [0.29, 0.717) is 0 Å². The molecule has 110 valence electrons. The first-order valence-corrected chi connectivity index (χ1v) is 7.14. The van der Waals surface area contributed by atoms with E-state index in [4.69, 9.17) is 0 Å². The minimum atomic E-state index is -0.0972. The number of hydrogen-bond acceptors (Lipinski definition) is 1. The van der Waals surface area contributed by atoms with E-state index in [0.717, 1.165) is 18.5 Å². The molecule has 1 rings (SSSR count). The summed E-state index contributed by atoms with van der Waals surface area (Å²) in [5.41, 5.74) is 0.789. The van der Waals surface area contributed by atoms with Crippen LogP contribution < -0.4 is 5.32 Å². The summed E-state index contributed by atoms with van der Waals surface area (Å²) >= 11 is 0. The van der Waals surface area contributed by atoms with Crippen molar-refractivity contribution < 1.29 is 5.82 Å². The molecule has 0 bridgehead atoms. The minimum Gasteiger partial charge on any atom is -0.320 e. The van der Waals surface area contributed by atoms with Crippen LogP contribution in [-0.4, -0.2) is 13.6 Å². The molecule has 0 radical (unpaired) electrons. The van der Waals surface area contributed by atoms with Crippen LogP contribution in [0.3, 0.4) is 0 Å². The minimum absolute atomic E-state index is 0. The molecule has 0 aromatic heterocycles. The second-order valence-corrected chi connectivity index (χ2v) is 3.05. The second-order valence-electron chi connectivity index (χ2n) is 3.05. The lowest BCUT2D eigenvalue weighted by atomic mass is 10.2. The third kappa shape index (κ3) is 15.1. The number of nitrogens with one attached hydrogen (secondary N) is 1. The fourth-order valence-corrected chi connectivity index (χ4v) is 1.04. The van der Waals surface area contributed by atoms with Gasteiger partial charge in [0.25, 0.3) is 0 Å². The lowest BCUT2D eigenvalue weighted by molar-refractivity contribution is 0.612. The van der Waals surface area contributed by atoms with Gasteiger partial charge >= 0.3 is 0 Å². The maximum atomic E-state index is 12.6. The van der Waals surface area contributed by atoms with Crippen molar-refractivity contribution in [2.75, 3.05) is 13.6 Å². The van der Waals surface area contributed by atoms with Crippen molar-refractivity contribution in [3.05, 3.63) is 35.6 Å². The topological polar surface area (TPSA) is 12.0 Å². The van der Waals surface area contributed by atoms with Gasteiger partial charge in [0.05, 0.1) is 0 Å². The van der Waals surface area contributed by atoms with Gasteiger partial charge in [0.1, 0.15) is 5.82 Å². The average Bonchev–Trinajstić information content (AvgIpc) is 2.45. The van der Waals surface area contributed by atoms with Crippen molar-refractivity contribution in [2.24, 2.45) is 0 Å². The van der Waals surface area contributed by atoms with Crippen molar-refractivity contribution in [1.29, 1.82) is 0 Å². The molecule has 2 heteroatoms. The fraction of sp³-hybridized carbons (Fsp3) is 0.625. The molecule has 0 heterocycles. The van der Waals surface area contributed by atoms with Gasteiger partial charge in [-0.25, -0.2) is 4.39 Å². The highest BCUT2D eigenvalue weighted by Crippen LogP contribution is 2.05. The van der Waals surface area contributed by atoms with Crippen LogP contribution in [0.4, 0.5) is 4.39 Å². The highest BCUT2D eigenvalue weighted by atomic mass is 19.1. The highest BCUT2D eigenvalue weighted by molar-refractivity contribution is 5.16. The van der Waals surface area contributed by atoms with Crippen LogP contribution in [0.1, 0.15) is 55.0 Å². The van der Waals surface area contributed by atoms with Crippen LogP contribution in [0, 0.1) is 5.82 Å². The van der Waals surface area contributed by atoms with E-state index < -0.39 is 0 Å². The zero-order valence-electron chi connectivity index (χ0n) is 13.3. The first kappa shape index (κ1) is 22.3. The van der Waals surface area contributed by atoms with Crippen LogP contribution in [0.2, 0.25) is 0 Å². The van der Waals surface area contributed by atoms with Gasteiger partial charge in [0, 0.05) is 1.43 Å². The maximum Gasteiger partial charge on any atom is 0.126 e. The Morgan fingerprint density at radius 2 is 1.56 bits per heavy atom. The summed E-state index contributed by atoms with van der Waals surface area (Å²) in [6.07, 6.45) is 2.00. The Morgan fingerprint density at radius 3 is 1.78 bits per heavy atom. The quantitative estimate of drug-likeness (QED) is 0.776. The van der Waals surface area contributed by atoms with E-state index in [2.05, 4.69) is 12.2 Å². The Hall–Kier alpha value is -0.890.